The molecule has 1 heterocycles. The van der Waals surface area contributed by atoms with Crippen molar-refractivity contribution in [2.75, 3.05) is 17.8 Å². The number of para-hydroxylation sites is 1. The van der Waals surface area contributed by atoms with Gasteiger partial charge in [0.25, 0.3) is 15.9 Å². The van der Waals surface area contributed by atoms with Crippen molar-refractivity contribution in [2.45, 2.75) is 37.5 Å². The Morgan fingerprint density at radius 2 is 1.65 bits per heavy atom. The third kappa shape index (κ3) is 4.25. The van der Waals surface area contributed by atoms with E-state index in [2.05, 4.69) is 4.72 Å². The average molecular weight is 372 g/mol. The van der Waals surface area contributed by atoms with Crippen molar-refractivity contribution < 1.29 is 13.2 Å². The third-order valence-corrected chi connectivity index (χ3v) is 6.04. The summed E-state index contributed by atoms with van der Waals surface area (Å²) in [6.45, 7) is 3.31. The van der Waals surface area contributed by atoms with E-state index in [1.807, 2.05) is 24.0 Å². The lowest BCUT2D eigenvalue weighted by molar-refractivity contribution is 0.0761. The second-order valence-corrected chi connectivity index (χ2v) is 8.34. The van der Waals surface area contributed by atoms with E-state index >= 15 is 0 Å². The third-order valence-electron chi connectivity index (χ3n) is 4.67. The van der Waals surface area contributed by atoms with Crippen LogP contribution in [0.3, 0.4) is 0 Å². The quantitative estimate of drug-likeness (QED) is 0.887. The van der Waals surface area contributed by atoms with E-state index in [1.165, 1.54) is 12.1 Å². The first-order valence-electron chi connectivity index (χ1n) is 8.95. The average Bonchev–Trinajstić information content (AvgIpc) is 2.92. The van der Waals surface area contributed by atoms with Gasteiger partial charge in [-0.3, -0.25) is 9.52 Å². The van der Waals surface area contributed by atoms with Gasteiger partial charge >= 0.3 is 0 Å². The first-order valence-corrected chi connectivity index (χ1v) is 10.4. The number of carbonyl (C=O) groups excluding carboxylic acids is 1. The molecular formula is C20H24N2O3S. The number of benzene rings is 2. The van der Waals surface area contributed by atoms with Crippen molar-refractivity contribution in [3.05, 3.63) is 59.7 Å². The summed E-state index contributed by atoms with van der Waals surface area (Å²) in [6, 6.07) is 13.5. The van der Waals surface area contributed by atoms with Crippen LogP contribution in [-0.4, -0.2) is 32.3 Å². The number of hydrogen-bond donors (Lipinski definition) is 1. The Labute approximate surface area is 155 Å². The van der Waals surface area contributed by atoms with Gasteiger partial charge in [-0.1, -0.05) is 37.1 Å². The molecule has 0 saturated carbocycles. The maximum absolute atomic E-state index is 12.8. The van der Waals surface area contributed by atoms with Gasteiger partial charge < -0.3 is 4.90 Å². The zero-order valence-corrected chi connectivity index (χ0v) is 15.8. The summed E-state index contributed by atoms with van der Waals surface area (Å²) in [7, 11) is -3.75. The van der Waals surface area contributed by atoms with Crippen LogP contribution in [0.15, 0.2) is 53.4 Å². The lowest BCUT2D eigenvalue weighted by Crippen LogP contribution is -2.32. The summed E-state index contributed by atoms with van der Waals surface area (Å²) >= 11 is 0. The number of amides is 1. The molecule has 1 aliphatic heterocycles. The number of likely N-dealkylation sites (tertiary alicyclic amines) is 1. The van der Waals surface area contributed by atoms with Crippen molar-refractivity contribution in [1.82, 2.24) is 4.90 Å². The highest BCUT2D eigenvalue weighted by Gasteiger charge is 2.21. The minimum atomic E-state index is -3.75. The minimum absolute atomic E-state index is 0.0974. The molecule has 0 atom stereocenters. The highest BCUT2D eigenvalue weighted by Crippen LogP contribution is 2.21. The number of anilines is 1. The fraction of sp³-hybridized carbons (Fsp3) is 0.350. The van der Waals surface area contributed by atoms with Crippen molar-refractivity contribution in [3.8, 4) is 0 Å². The molecule has 26 heavy (non-hydrogen) atoms. The maximum Gasteiger partial charge on any atom is 0.261 e. The zero-order chi connectivity index (χ0) is 18.6. The molecule has 3 rings (SSSR count). The molecule has 6 heteroatoms. The zero-order valence-electron chi connectivity index (χ0n) is 14.9. The van der Waals surface area contributed by atoms with Gasteiger partial charge in [-0.05, 0) is 49.6 Å². The van der Waals surface area contributed by atoms with Crippen LogP contribution in [0.1, 0.15) is 41.6 Å². The largest absolute Gasteiger partial charge is 0.339 e. The number of carbonyl (C=O) groups is 1. The van der Waals surface area contributed by atoms with Crippen LogP contribution < -0.4 is 4.72 Å². The molecule has 1 fully saturated rings. The van der Waals surface area contributed by atoms with Gasteiger partial charge in [0.05, 0.1) is 10.6 Å². The fourth-order valence-corrected chi connectivity index (χ4v) is 4.32. The summed E-state index contributed by atoms with van der Waals surface area (Å²) in [5.74, 6) is -0.0974. The number of aryl methyl sites for hydroxylation is 1. The lowest BCUT2D eigenvalue weighted by Gasteiger charge is -2.20. The van der Waals surface area contributed by atoms with Gasteiger partial charge in [0.1, 0.15) is 0 Å². The topological polar surface area (TPSA) is 66.5 Å². The molecule has 0 radical (unpaired) electrons. The summed E-state index contributed by atoms with van der Waals surface area (Å²) in [6.07, 6.45) is 4.27. The van der Waals surface area contributed by atoms with E-state index in [-0.39, 0.29) is 10.8 Å². The van der Waals surface area contributed by atoms with Gasteiger partial charge in [0.15, 0.2) is 0 Å². The van der Waals surface area contributed by atoms with Crippen molar-refractivity contribution in [2.24, 2.45) is 0 Å². The van der Waals surface area contributed by atoms with E-state index < -0.39 is 10.0 Å². The number of hydrogen-bond acceptors (Lipinski definition) is 3. The predicted octanol–water partition coefficient (Wildman–Crippen LogP) is 3.81. The van der Waals surface area contributed by atoms with Crippen LogP contribution in [0, 0.1) is 6.92 Å². The molecule has 138 valence electrons. The van der Waals surface area contributed by atoms with Gasteiger partial charge in [-0.25, -0.2) is 8.42 Å². The van der Waals surface area contributed by atoms with Crippen LogP contribution in [0.2, 0.25) is 0 Å². The number of nitrogens with zero attached hydrogens (tertiary/aromatic N) is 1. The van der Waals surface area contributed by atoms with E-state index in [0.29, 0.717) is 11.3 Å². The SMILES string of the molecule is Cc1ccccc1NS(=O)(=O)c1cccc(C(=O)N2CCCCCC2)c1. The molecule has 1 amide bonds. The smallest absolute Gasteiger partial charge is 0.261 e. The molecule has 0 aliphatic carbocycles. The number of rotatable bonds is 4. The number of nitrogens with one attached hydrogen (secondary N) is 1. The molecule has 0 bridgehead atoms. The van der Waals surface area contributed by atoms with Gasteiger partial charge in [-0.2, -0.15) is 0 Å². The maximum atomic E-state index is 12.8. The minimum Gasteiger partial charge on any atom is -0.339 e. The summed E-state index contributed by atoms with van der Waals surface area (Å²) in [5, 5.41) is 0. The molecule has 2 aromatic carbocycles. The van der Waals surface area contributed by atoms with Crippen molar-refractivity contribution in [3.63, 3.8) is 0 Å². The van der Waals surface area contributed by atoms with Crippen molar-refractivity contribution >= 4 is 21.6 Å². The van der Waals surface area contributed by atoms with E-state index in [4.69, 9.17) is 0 Å². The Morgan fingerprint density at radius 1 is 0.962 bits per heavy atom. The molecular weight excluding hydrogens is 348 g/mol. The number of sulfonamides is 1. The van der Waals surface area contributed by atoms with E-state index in [9.17, 15) is 13.2 Å². The molecule has 2 aromatic rings. The van der Waals surface area contributed by atoms with Crippen molar-refractivity contribution in [1.29, 1.82) is 0 Å². The first kappa shape index (κ1) is 18.5. The van der Waals surface area contributed by atoms with Gasteiger partial charge in [-0.15, -0.1) is 0 Å². The lowest BCUT2D eigenvalue weighted by atomic mass is 10.2. The fourth-order valence-electron chi connectivity index (χ4n) is 3.14. The molecule has 0 aromatic heterocycles. The second-order valence-electron chi connectivity index (χ2n) is 6.65. The summed E-state index contributed by atoms with van der Waals surface area (Å²) in [4.78, 5) is 14.7. The standard InChI is InChI=1S/C20H24N2O3S/c1-16-9-4-5-12-19(16)21-26(24,25)18-11-8-10-17(15-18)20(23)22-13-6-2-3-7-14-22/h4-5,8-12,15,21H,2-3,6-7,13-14H2,1H3. The van der Waals surface area contributed by atoms with Crippen LogP contribution in [0.25, 0.3) is 0 Å². The summed E-state index contributed by atoms with van der Waals surface area (Å²) in [5.41, 5.74) is 1.80. The van der Waals surface area contributed by atoms with Crippen LogP contribution in [0.4, 0.5) is 5.69 Å². The first-order chi connectivity index (χ1) is 12.5. The van der Waals surface area contributed by atoms with Crippen LogP contribution >= 0.6 is 0 Å². The second kappa shape index (κ2) is 7.91. The molecule has 0 spiro atoms. The molecule has 0 unspecified atom stereocenters. The highest BCUT2D eigenvalue weighted by molar-refractivity contribution is 7.92. The Morgan fingerprint density at radius 3 is 2.35 bits per heavy atom. The molecule has 1 saturated heterocycles. The highest BCUT2D eigenvalue weighted by atomic mass is 32.2. The van der Waals surface area contributed by atoms with Crippen LogP contribution in [0.5, 0.6) is 0 Å². The Hall–Kier alpha value is -2.34. The predicted molar refractivity (Wildman–Crippen MR) is 103 cm³/mol. The monoisotopic (exact) mass is 372 g/mol. The van der Waals surface area contributed by atoms with E-state index in [0.717, 1.165) is 44.3 Å². The van der Waals surface area contributed by atoms with Gasteiger partial charge in [0.2, 0.25) is 0 Å². The summed E-state index contributed by atoms with van der Waals surface area (Å²) < 4.78 is 28.1. The van der Waals surface area contributed by atoms with E-state index in [1.54, 1.807) is 24.3 Å². The molecule has 5 nitrogen and oxygen atoms in total. The normalized spacial score (nSPS) is 15.3. The molecule has 1 N–H and O–H groups in total. The van der Waals surface area contributed by atoms with Gasteiger partial charge in [0, 0.05) is 18.7 Å². The molecule has 1 aliphatic rings. The Kier molecular flexibility index (Phi) is 5.61. The van der Waals surface area contributed by atoms with Crippen LogP contribution in [-0.2, 0) is 10.0 Å². The Balaban J connectivity index is 1.84. The Bertz CT molecular complexity index is 885.